The van der Waals surface area contributed by atoms with Crippen LogP contribution >= 0.6 is 24.0 Å². The molecule has 116 valence electrons. The van der Waals surface area contributed by atoms with Crippen molar-refractivity contribution in [2.45, 2.75) is 0 Å². The highest BCUT2D eigenvalue weighted by Gasteiger charge is 2.34. The number of thiocarbonyl (C=S) groups is 1. The van der Waals surface area contributed by atoms with Crippen LogP contribution in [-0.4, -0.2) is 10.2 Å². The van der Waals surface area contributed by atoms with E-state index in [0.717, 1.165) is 22.0 Å². The first kappa shape index (κ1) is 15.1. The van der Waals surface area contributed by atoms with Gasteiger partial charge in [-0.25, -0.2) is 0 Å². The number of carbonyl (C=O) groups excluding carboxylic acids is 1. The van der Waals surface area contributed by atoms with E-state index in [1.165, 1.54) is 11.8 Å². The monoisotopic (exact) mass is 347 g/mol. The zero-order chi connectivity index (χ0) is 16.5. The topological polar surface area (TPSA) is 20.3 Å². The van der Waals surface area contributed by atoms with Crippen LogP contribution in [0.1, 0.15) is 5.56 Å². The number of hydrogen-bond donors (Lipinski definition) is 0. The summed E-state index contributed by atoms with van der Waals surface area (Å²) in [4.78, 5) is 15.2. The number of carbonyl (C=O) groups is 1. The van der Waals surface area contributed by atoms with Gasteiger partial charge in [0.15, 0.2) is 4.32 Å². The fraction of sp³-hybridized carbons (Fsp3) is 0. The lowest BCUT2D eigenvalue weighted by Gasteiger charge is -2.17. The summed E-state index contributed by atoms with van der Waals surface area (Å²) in [5.74, 6) is -0.0646. The first-order chi connectivity index (χ1) is 11.7. The Morgan fingerprint density at radius 3 is 2.42 bits per heavy atom. The van der Waals surface area contributed by atoms with Crippen molar-refractivity contribution in [1.82, 2.24) is 0 Å². The standard InChI is InChI=1S/C20H13NOS2/c22-19-18(13-14-7-2-1-3-8-14)24-20(23)21(19)17-12-6-10-15-9-4-5-11-16(15)17/h1-13H/b18-13-. The van der Waals surface area contributed by atoms with Crippen molar-refractivity contribution in [3.8, 4) is 0 Å². The van der Waals surface area contributed by atoms with Gasteiger partial charge in [0.1, 0.15) is 0 Å². The predicted molar refractivity (Wildman–Crippen MR) is 106 cm³/mol. The lowest BCUT2D eigenvalue weighted by molar-refractivity contribution is -0.113. The van der Waals surface area contributed by atoms with Crippen LogP contribution in [0.3, 0.4) is 0 Å². The SMILES string of the molecule is O=C1/C(=C/c2ccccc2)SC(=S)N1c1cccc2ccccc12. The molecule has 1 saturated heterocycles. The molecule has 4 rings (SSSR count). The van der Waals surface area contributed by atoms with Gasteiger partial charge in [-0.1, -0.05) is 90.7 Å². The molecule has 3 aromatic carbocycles. The minimum Gasteiger partial charge on any atom is -0.268 e. The van der Waals surface area contributed by atoms with Crippen LogP contribution in [0.15, 0.2) is 77.7 Å². The van der Waals surface area contributed by atoms with Gasteiger partial charge >= 0.3 is 0 Å². The lowest BCUT2D eigenvalue weighted by Crippen LogP contribution is -2.27. The van der Waals surface area contributed by atoms with Gasteiger partial charge in [0.25, 0.3) is 5.91 Å². The van der Waals surface area contributed by atoms with E-state index in [4.69, 9.17) is 12.2 Å². The molecule has 0 N–H and O–H groups in total. The van der Waals surface area contributed by atoms with Gasteiger partial charge in [-0.3, -0.25) is 9.69 Å². The summed E-state index contributed by atoms with van der Waals surface area (Å²) < 4.78 is 0.568. The molecule has 0 saturated carbocycles. The number of hydrogen-bond acceptors (Lipinski definition) is 3. The van der Waals surface area contributed by atoms with E-state index in [-0.39, 0.29) is 5.91 Å². The number of thioether (sulfide) groups is 1. The van der Waals surface area contributed by atoms with Gasteiger partial charge in [0.05, 0.1) is 10.6 Å². The maximum absolute atomic E-state index is 12.9. The molecule has 1 fully saturated rings. The average molecular weight is 347 g/mol. The Kier molecular flexibility index (Phi) is 3.92. The largest absolute Gasteiger partial charge is 0.270 e. The molecular weight excluding hydrogens is 334 g/mol. The van der Waals surface area contributed by atoms with Crippen molar-refractivity contribution in [3.63, 3.8) is 0 Å². The zero-order valence-electron chi connectivity index (χ0n) is 12.7. The van der Waals surface area contributed by atoms with E-state index in [2.05, 4.69) is 0 Å². The van der Waals surface area contributed by atoms with Crippen LogP contribution in [0, 0.1) is 0 Å². The van der Waals surface area contributed by atoms with Gasteiger partial charge in [0, 0.05) is 5.39 Å². The maximum Gasteiger partial charge on any atom is 0.270 e. The summed E-state index contributed by atoms with van der Waals surface area (Å²) in [7, 11) is 0. The third kappa shape index (κ3) is 2.64. The lowest BCUT2D eigenvalue weighted by atomic mass is 10.1. The molecular formula is C20H13NOS2. The van der Waals surface area contributed by atoms with E-state index < -0.39 is 0 Å². The second-order valence-electron chi connectivity index (χ2n) is 5.43. The van der Waals surface area contributed by atoms with Gasteiger partial charge in [0.2, 0.25) is 0 Å². The van der Waals surface area contributed by atoms with Gasteiger partial charge in [-0.05, 0) is 23.1 Å². The second kappa shape index (κ2) is 6.23. The van der Waals surface area contributed by atoms with Crippen molar-refractivity contribution in [1.29, 1.82) is 0 Å². The molecule has 0 spiro atoms. The number of nitrogens with zero attached hydrogens (tertiary/aromatic N) is 1. The Hall–Kier alpha value is -2.43. The van der Waals surface area contributed by atoms with E-state index in [1.54, 1.807) is 4.90 Å². The molecule has 0 radical (unpaired) electrons. The number of rotatable bonds is 2. The third-order valence-corrected chi connectivity index (χ3v) is 5.20. The van der Waals surface area contributed by atoms with Crippen LogP contribution in [0.25, 0.3) is 16.8 Å². The summed E-state index contributed by atoms with van der Waals surface area (Å²) in [6.45, 7) is 0. The Balaban J connectivity index is 1.78. The molecule has 0 aliphatic carbocycles. The first-order valence-electron chi connectivity index (χ1n) is 7.55. The molecule has 3 aromatic rings. The second-order valence-corrected chi connectivity index (χ2v) is 7.10. The molecule has 0 atom stereocenters. The summed E-state index contributed by atoms with van der Waals surface area (Å²) in [5, 5.41) is 2.12. The summed E-state index contributed by atoms with van der Waals surface area (Å²) in [6.07, 6.45) is 1.89. The van der Waals surface area contributed by atoms with Crippen LogP contribution in [-0.2, 0) is 4.79 Å². The Morgan fingerprint density at radius 1 is 0.875 bits per heavy atom. The van der Waals surface area contributed by atoms with Gasteiger partial charge < -0.3 is 0 Å². The quantitative estimate of drug-likeness (QED) is 0.467. The fourth-order valence-corrected chi connectivity index (χ4v) is 4.06. The van der Waals surface area contributed by atoms with Crippen LogP contribution < -0.4 is 4.90 Å². The van der Waals surface area contributed by atoms with E-state index in [0.29, 0.717) is 9.23 Å². The van der Waals surface area contributed by atoms with Gasteiger partial charge in [-0.15, -0.1) is 0 Å². The summed E-state index contributed by atoms with van der Waals surface area (Å²) >= 11 is 6.83. The third-order valence-electron chi connectivity index (χ3n) is 3.90. The van der Waals surface area contributed by atoms with Crippen LogP contribution in [0.5, 0.6) is 0 Å². The summed E-state index contributed by atoms with van der Waals surface area (Å²) in [5.41, 5.74) is 1.84. The molecule has 1 amide bonds. The number of amides is 1. The van der Waals surface area contributed by atoms with Crippen molar-refractivity contribution >= 4 is 56.7 Å². The van der Waals surface area contributed by atoms with E-state index >= 15 is 0 Å². The highest BCUT2D eigenvalue weighted by atomic mass is 32.2. The Morgan fingerprint density at radius 2 is 1.58 bits per heavy atom. The molecule has 24 heavy (non-hydrogen) atoms. The Bertz CT molecular complexity index is 974. The van der Waals surface area contributed by atoms with Crippen molar-refractivity contribution < 1.29 is 4.79 Å². The highest BCUT2D eigenvalue weighted by molar-refractivity contribution is 8.27. The van der Waals surface area contributed by atoms with E-state index in [1.807, 2.05) is 78.9 Å². The van der Waals surface area contributed by atoms with Gasteiger partial charge in [-0.2, -0.15) is 0 Å². The molecule has 0 aromatic heterocycles. The smallest absolute Gasteiger partial charge is 0.268 e. The van der Waals surface area contributed by atoms with Crippen molar-refractivity contribution in [3.05, 3.63) is 83.3 Å². The minimum atomic E-state index is -0.0646. The summed E-state index contributed by atoms with van der Waals surface area (Å²) in [6, 6.07) is 23.8. The van der Waals surface area contributed by atoms with Crippen LogP contribution in [0.2, 0.25) is 0 Å². The normalized spacial score (nSPS) is 16.3. The maximum atomic E-state index is 12.9. The number of anilines is 1. The van der Waals surface area contributed by atoms with Crippen molar-refractivity contribution in [2.24, 2.45) is 0 Å². The fourth-order valence-electron chi connectivity index (χ4n) is 2.78. The van der Waals surface area contributed by atoms with Crippen molar-refractivity contribution in [2.75, 3.05) is 4.90 Å². The molecule has 1 heterocycles. The minimum absolute atomic E-state index is 0.0646. The number of benzene rings is 3. The van der Waals surface area contributed by atoms with Crippen LogP contribution in [0.4, 0.5) is 5.69 Å². The molecule has 4 heteroatoms. The Labute approximate surface area is 149 Å². The molecule has 2 nitrogen and oxygen atoms in total. The molecule has 0 unspecified atom stereocenters. The predicted octanol–water partition coefficient (Wildman–Crippen LogP) is 5.25. The molecule has 1 aliphatic rings. The van der Waals surface area contributed by atoms with E-state index in [9.17, 15) is 4.79 Å². The highest BCUT2D eigenvalue weighted by Crippen LogP contribution is 2.38. The average Bonchev–Trinajstić information content (AvgIpc) is 2.89. The molecule has 1 aliphatic heterocycles. The first-order valence-corrected chi connectivity index (χ1v) is 8.77. The number of fused-ring (bicyclic) bond motifs is 1. The zero-order valence-corrected chi connectivity index (χ0v) is 14.3. The molecule has 0 bridgehead atoms.